The molecule has 1 aromatic heterocycles. The Morgan fingerprint density at radius 3 is 2.58 bits per heavy atom. The van der Waals surface area contributed by atoms with Gasteiger partial charge >= 0.3 is 0 Å². The third-order valence-electron chi connectivity index (χ3n) is 5.90. The van der Waals surface area contributed by atoms with Gasteiger partial charge in [-0.25, -0.2) is 13.0 Å². The average molecular weight is 474 g/mol. The van der Waals surface area contributed by atoms with E-state index in [4.69, 9.17) is 0 Å². The first kappa shape index (κ1) is 23.0. The van der Waals surface area contributed by atoms with Gasteiger partial charge in [0, 0.05) is 24.6 Å². The molecule has 0 spiro atoms. The molecule has 2 aromatic carbocycles. The molecular formula is C24H25F2N3O3S. The van der Waals surface area contributed by atoms with Crippen LogP contribution in [0.25, 0.3) is 0 Å². The van der Waals surface area contributed by atoms with Crippen molar-refractivity contribution >= 4 is 28.2 Å². The highest BCUT2D eigenvalue weighted by molar-refractivity contribution is 7.87. The number of nitrogens with one attached hydrogen (secondary N) is 2. The molecule has 3 aromatic rings. The van der Waals surface area contributed by atoms with Gasteiger partial charge in [0.1, 0.15) is 34.2 Å². The highest BCUT2D eigenvalue weighted by Crippen LogP contribution is 2.48. The van der Waals surface area contributed by atoms with E-state index < -0.39 is 22.6 Å². The van der Waals surface area contributed by atoms with Crippen LogP contribution in [0.5, 0.6) is 5.75 Å². The van der Waals surface area contributed by atoms with Gasteiger partial charge in [-0.05, 0) is 55.2 Å². The summed E-state index contributed by atoms with van der Waals surface area (Å²) >= 11 is 0. The molecule has 6 nitrogen and oxygen atoms in total. The van der Waals surface area contributed by atoms with Crippen LogP contribution >= 0.6 is 0 Å². The zero-order valence-corrected chi connectivity index (χ0v) is 19.3. The molecule has 1 aliphatic carbocycles. The summed E-state index contributed by atoms with van der Waals surface area (Å²) in [6.45, 7) is 3.58. The molecule has 0 aliphatic heterocycles. The summed E-state index contributed by atoms with van der Waals surface area (Å²) in [7, 11) is -0.00553. The standard InChI is InChI=1S/C24H25F2N3O3S/c1-4-14-5-8-19(18(26)10-14)27-23-20(9-13(2)24(31)29(23)3)28-33(32)22-12-17(22)16-7-6-15(25)11-21(16)30/h5-11,17,22,27-28,30H,4,12H2,1-3H3. The van der Waals surface area contributed by atoms with Crippen LogP contribution in [0.2, 0.25) is 0 Å². The van der Waals surface area contributed by atoms with Crippen LogP contribution in [-0.2, 0) is 24.5 Å². The van der Waals surface area contributed by atoms with Crippen molar-refractivity contribution in [2.24, 2.45) is 7.05 Å². The maximum Gasteiger partial charge on any atom is 0.254 e. The van der Waals surface area contributed by atoms with Crippen molar-refractivity contribution in [3.05, 3.63) is 81.1 Å². The van der Waals surface area contributed by atoms with Gasteiger partial charge < -0.3 is 15.1 Å². The maximum atomic E-state index is 14.6. The summed E-state index contributed by atoms with van der Waals surface area (Å²) in [5, 5.41) is 12.7. The van der Waals surface area contributed by atoms with Crippen LogP contribution in [0, 0.1) is 18.6 Å². The number of pyridine rings is 1. The van der Waals surface area contributed by atoms with E-state index in [9.17, 15) is 22.9 Å². The molecule has 3 unspecified atom stereocenters. The fourth-order valence-electron chi connectivity index (χ4n) is 3.88. The lowest BCUT2D eigenvalue weighted by Crippen LogP contribution is -2.24. The normalized spacial score (nSPS) is 18.1. The molecule has 3 atom stereocenters. The fraction of sp³-hybridized carbons (Fsp3) is 0.292. The van der Waals surface area contributed by atoms with Gasteiger partial charge in [0.25, 0.3) is 5.56 Å². The van der Waals surface area contributed by atoms with Crippen molar-refractivity contribution in [3.8, 4) is 5.75 Å². The summed E-state index contributed by atoms with van der Waals surface area (Å²) < 4.78 is 45.2. The smallest absolute Gasteiger partial charge is 0.254 e. The van der Waals surface area contributed by atoms with Gasteiger partial charge in [0.2, 0.25) is 0 Å². The Morgan fingerprint density at radius 1 is 1.15 bits per heavy atom. The molecular weight excluding hydrogens is 448 g/mol. The monoisotopic (exact) mass is 473 g/mol. The highest BCUT2D eigenvalue weighted by atomic mass is 32.2. The maximum absolute atomic E-state index is 14.6. The van der Waals surface area contributed by atoms with E-state index in [0.29, 0.717) is 29.7 Å². The molecule has 0 saturated heterocycles. The highest BCUT2D eigenvalue weighted by Gasteiger charge is 2.45. The summed E-state index contributed by atoms with van der Waals surface area (Å²) in [6.07, 6.45) is 1.25. The van der Waals surface area contributed by atoms with E-state index in [2.05, 4.69) is 10.0 Å². The van der Waals surface area contributed by atoms with Crippen molar-refractivity contribution < 1.29 is 18.1 Å². The molecule has 0 bridgehead atoms. The van der Waals surface area contributed by atoms with Crippen molar-refractivity contribution in [3.63, 3.8) is 0 Å². The third kappa shape index (κ3) is 4.64. The van der Waals surface area contributed by atoms with Crippen molar-refractivity contribution in [1.82, 2.24) is 4.57 Å². The number of rotatable bonds is 7. The molecule has 4 rings (SSSR count). The predicted octanol–water partition coefficient (Wildman–Crippen LogP) is 4.62. The second-order valence-corrected chi connectivity index (χ2v) is 9.63. The van der Waals surface area contributed by atoms with Gasteiger partial charge in [-0.1, -0.05) is 19.1 Å². The average Bonchev–Trinajstić information content (AvgIpc) is 3.56. The molecule has 0 amide bonds. The van der Waals surface area contributed by atoms with Gasteiger partial charge in [0.15, 0.2) is 0 Å². The number of aromatic nitrogens is 1. The Bertz CT molecular complexity index is 1310. The van der Waals surface area contributed by atoms with Crippen molar-refractivity contribution in [2.45, 2.75) is 37.9 Å². The number of aryl methyl sites for hydroxylation is 2. The molecule has 1 fully saturated rings. The fourth-order valence-corrected chi connectivity index (χ4v) is 5.23. The summed E-state index contributed by atoms with van der Waals surface area (Å²) in [6, 6.07) is 10.2. The number of halogens is 2. The molecule has 1 aliphatic rings. The number of phenols is 1. The third-order valence-corrected chi connectivity index (χ3v) is 7.39. The Morgan fingerprint density at radius 2 is 1.91 bits per heavy atom. The summed E-state index contributed by atoms with van der Waals surface area (Å²) in [4.78, 5) is 12.5. The van der Waals surface area contributed by atoms with E-state index in [1.54, 1.807) is 32.2 Å². The Balaban J connectivity index is 1.60. The van der Waals surface area contributed by atoms with Gasteiger partial charge in [-0.3, -0.25) is 9.36 Å². The van der Waals surface area contributed by atoms with Crippen molar-refractivity contribution in [1.29, 1.82) is 0 Å². The van der Waals surface area contributed by atoms with Crippen LogP contribution in [0.3, 0.4) is 0 Å². The van der Waals surface area contributed by atoms with E-state index in [-0.39, 0.29) is 34.0 Å². The first-order chi connectivity index (χ1) is 15.7. The first-order valence-corrected chi connectivity index (χ1v) is 11.8. The zero-order chi connectivity index (χ0) is 23.9. The lowest BCUT2D eigenvalue weighted by molar-refractivity contribution is 0.462. The molecule has 174 valence electrons. The van der Waals surface area contributed by atoms with Gasteiger partial charge in [0.05, 0.1) is 16.6 Å². The lowest BCUT2D eigenvalue weighted by atomic mass is 10.1. The minimum atomic E-state index is -1.56. The Hall–Kier alpha value is -3.20. The van der Waals surface area contributed by atoms with Crippen molar-refractivity contribution in [2.75, 3.05) is 10.0 Å². The van der Waals surface area contributed by atoms with E-state index >= 15 is 0 Å². The number of hydrogen-bond donors (Lipinski definition) is 3. The Labute approximate surface area is 192 Å². The molecule has 1 heterocycles. The number of hydrogen-bond acceptors (Lipinski definition) is 4. The second-order valence-electron chi connectivity index (χ2n) is 8.23. The zero-order valence-electron chi connectivity index (χ0n) is 18.5. The predicted molar refractivity (Wildman–Crippen MR) is 126 cm³/mol. The number of nitrogens with zero attached hydrogens (tertiary/aromatic N) is 1. The number of aromatic hydroxyl groups is 1. The van der Waals surface area contributed by atoms with E-state index in [1.807, 2.05) is 6.92 Å². The largest absolute Gasteiger partial charge is 0.508 e. The molecule has 1 saturated carbocycles. The molecule has 33 heavy (non-hydrogen) atoms. The molecule has 0 radical (unpaired) electrons. The molecule has 3 N–H and O–H groups in total. The quantitative estimate of drug-likeness (QED) is 0.468. The van der Waals surface area contributed by atoms with E-state index in [1.165, 1.54) is 22.8 Å². The first-order valence-electron chi connectivity index (χ1n) is 10.6. The van der Waals surface area contributed by atoms with Gasteiger partial charge in [-0.2, -0.15) is 0 Å². The summed E-state index contributed by atoms with van der Waals surface area (Å²) in [5.41, 5.74) is 2.15. The number of benzene rings is 2. The van der Waals surface area contributed by atoms with Crippen LogP contribution in [0.15, 0.2) is 47.3 Å². The number of anilines is 3. The SMILES string of the molecule is CCc1ccc(Nc2c(NS(=O)C3CC3c3ccc(F)cc3O)cc(C)c(=O)n2C)c(F)c1. The van der Waals surface area contributed by atoms with Crippen LogP contribution in [0.4, 0.5) is 26.0 Å². The van der Waals surface area contributed by atoms with Crippen LogP contribution in [-0.4, -0.2) is 19.1 Å². The van der Waals surface area contributed by atoms with Crippen LogP contribution < -0.4 is 15.6 Å². The minimum Gasteiger partial charge on any atom is -0.508 e. The van der Waals surface area contributed by atoms with Crippen LogP contribution in [0.1, 0.15) is 36.0 Å². The summed E-state index contributed by atoms with van der Waals surface area (Å²) in [5.74, 6) is -1.05. The van der Waals surface area contributed by atoms with Gasteiger partial charge in [-0.15, -0.1) is 0 Å². The minimum absolute atomic E-state index is 0.161. The topological polar surface area (TPSA) is 83.4 Å². The second kappa shape index (κ2) is 8.97. The Kier molecular flexibility index (Phi) is 6.25. The van der Waals surface area contributed by atoms with E-state index in [0.717, 1.165) is 11.6 Å². The molecule has 9 heteroatoms. The number of phenolic OH excluding ortho intramolecular Hbond substituents is 1. The lowest BCUT2D eigenvalue weighted by Gasteiger charge is -2.18.